The summed E-state index contributed by atoms with van der Waals surface area (Å²) in [5, 5.41) is 6.17. The van der Waals surface area contributed by atoms with Gasteiger partial charge in [-0.2, -0.15) is 4.98 Å². The molecular weight excluding hydrogens is 410 g/mol. The molecule has 1 aliphatic heterocycles. The highest BCUT2D eigenvalue weighted by molar-refractivity contribution is 7.18. The number of aromatic nitrogens is 2. The summed E-state index contributed by atoms with van der Waals surface area (Å²) >= 11 is 7.14. The van der Waals surface area contributed by atoms with Gasteiger partial charge in [-0.3, -0.25) is 4.79 Å². The van der Waals surface area contributed by atoms with Crippen LogP contribution in [0.1, 0.15) is 15.4 Å². The Morgan fingerprint density at radius 1 is 1.10 bits per heavy atom. The third-order valence-electron chi connectivity index (χ3n) is 4.35. The van der Waals surface area contributed by atoms with Crippen LogP contribution in [-0.4, -0.2) is 42.2 Å². The van der Waals surface area contributed by atoms with Gasteiger partial charge in [-0.1, -0.05) is 11.6 Å². The van der Waals surface area contributed by atoms with Crippen molar-refractivity contribution in [3.8, 4) is 0 Å². The lowest BCUT2D eigenvalue weighted by Gasteiger charge is -2.27. The van der Waals surface area contributed by atoms with Crippen molar-refractivity contribution in [1.29, 1.82) is 0 Å². The van der Waals surface area contributed by atoms with E-state index in [0.29, 0.717) is 34.1 Å². The molecule has 1 fully saturated rings. The number of carbonyl (C=O) groups excluding carboxylic acids is 1. The molecule has 0 radical (unpaired) electrons. The fourth-order valence-electron chi connectivity index (χ4n) is 2.94. The first-order valence-corrected chi connectivity index (χ1v) is 10.4. The lowest BCUT2D eigenvalue weighted by Crippen LogP contribution is -2.37. The van der Waals surface area contributed by atoms with Crippen LogP contribution >= 0.6 is 22.9 Å². The fourth-order valence-corrected chi connectivity index (χ4v) is 3.87. The number of aryl methyl sites for hydroxylation is 1. The summed E-state index contributed by atoms with van der Waals surface area (Å²) in [4.78, 5) is 24.1. The first-order chi connectivity index (χ1) is 14.1. The molecule has 0 saturated carbocycles. The zero-order chi connectivity index (χ0) is 20.2. The normalized spacial score (nSPS) is 13.9. The van der Waals surface area contributed by atoms with Crippen molar-refractivity contribution in [1.82, 2.24) is 9.97 Å². The van der Waals surface area contributed by atoms with Crippen LogP contribution in [0.4, 0.5) is 23.1 Å². The number of benzene rings is 1. The number of thiophene rings is 1. The molecule has 0 unspecified atom stereocenters. The average molecular weight is 430 g/mol. The quantitative estimate of drug-likeness (QED) is 0.628. The number of halogens is 1. The summed E-state index contributed by atoms with van der Waals surface area (Å²) < 4.78 is 5.99. The molecule has 0 aliphatic carbocycles. The van der Waals surface area contributed by atoms with Gasteiger partial charge in [0.1, 0.15) is 5.82 Å². The van der Waals surface area contributed by atoms with Crippen molar-refractivity contribution in [3.05, 3.63) is 57.4 Å². The summed E-state index contributed by atoms with van der Waals surface area (Å²) in [5.41, 5.74) is 2.47. The molecule has 2 N–H and O–H groups in total. The Labute approximate surface area is 177 Å². The van der Waals surface area contributed by atoms with Gasteiger partial charge in [0.25, 0.3) is 5.91 Å². The molecule has 9 heteroatoms. The number of amides is 1. The van der Waals surface area contributed by atoms with Crippen molar-refractivity contribution < 1.29 is 9.53 Å². The molecule has 0 atom stereocenters. The van der Waals surface area contributed by atoms with Gasteiger partial charge in [0.2, 0.25) is 5.95 Å². The average Bonchev–Trinajstić information content (AvgIpc) is 3.16. The Kier molecular flexibility index (Phi) is 5.94. The van der Waals surface area contributed by atoms with Gasteiger partial charge in [-0.25, -0.2) is 4.98 Å². The summed E-state index contributed by atoms with van der Waals surface area (Å²) in [6, 6.07) is 12.8. The van der Waals surface area contributed by atoms with Crippen LogP contribution in [0.5, 0.6) is 0 Å². The van der Waals surface area contributed by atoms with E-state index in [4.69, 9.17) is 16.3 Å². The van der Waals surface area contributed by atoms with Crippen LogP contribution in [0, 0.1) is 6.92 Å². The summed E-state index contributed by atoms with van der Waals surface area (Å²) in [6.07, 6.45) is 0. The highest BCUT2D eigenvalue weighted by Gasteiger charge is 2.15. The number of hydrogen-bond donors (Lipinski definition) is 2. The maximum atomic E-state index is 12.2. The number of carbonyl (C=O) groups is 1. The first-order valence-electron chi connectivity index (χ1n) is 9.19. The fraction of sp³-hybridized carbons (Fsp3) is 0.250. The minimum atomic E-state index is -0.177. The second kappa shape index (κ2) is 8.77. The molecule has 1 aliphatic rings. The largest absolute Gasteiger partial charge is 0.378 e. The number of nitrogens with one attached hydrogen (secondary N) is 2. The number of hydrogen-bond acceptors (Lipinski definition) is 7. The zero-order valence-electron chi connectivity index (χ0n) is 15.8. The third-order valence-corrected chi connectivity index (χ3v) is 5.58. The highest BCUT2D eigenvalue weighted by Crippen LogP contribution is 2.24. The Bertz CT molecular complexity index is 1000. The van der Waals surface area contributed by atoms with Crippen molar-refractivity contribution in [3.63, 3.8) is 0 Å². The van der Waals surface area contributed by atoms with Crippen molar-refractivity contribution in [2.45, 2.75) is 6.92 Å². The Hall–Kier alpha value is -2.68. The molecule has 1 saturated heterocycles. The van der Waals surface area contributed by atoms with Crippen molar-refractivity contribution in [2.75, 3.05) is 41.8 Å². The molecule has 1 amide bonds. The van der Waals surface area contributed by atoms with E-state index in [0.717, 1.165) is 30.3 Å². The SMILES string of the molecule is Cc1cc(Nc2ccc(NC(=O)c3ccc(Cl)s3)cc2)nc(N2CCOCC2)n1. The van der Waals surface area contributed by atoms with Gasteiger partial charge in [-0.15, -0.1) is 11.3 Å². The van der Waals surface area contributed by atoms with Crippen LogP contribution in [0.3, 0.4) is 0 Å². The number of anilines is 4. The van der Waals surface area contributed by atoms with Crippen LogP contribution in [0.25, 0.3) is 0 Å². The maximum absolute atomic E-state index is 12.2. The van der Waals surface area contributed by atoms with Gasteiger partial charge >= 0.3 is 0 Å². The molecule has 2 aromatic heterocycles. The summed E-state index contributed by atoms with van der Waals surface area (Å²) in [5.74, 6) is 1.25. The van der Waals surface area contributed by atoms with E-state index in [-0.39, 0.29) is 5.91 Å². The number of nitrogens with zero attached hydrogens (tertiary/aromatic N) is 3. The van der Waals surface area contributed by atoms with E-state index in [9.17, 15) is 4.79 Å². The Balaban J connectivity index is 1.43. The number of morpholine rings is 1. The van der Waals surface area contributed by atoms with E-state index in [2.05, 4.69) is 25.5 Å². The molecule has 0 spiro atoms. The monoisotopic (exact) mass is 429 g/mol. The third kappa shape index (κ3) is 5.03. The molecule has 4 rings (SSSR count). The predicted molar refractivity (Wildman–Crippen MR) is 117 cm³/mol. The smallest absolute Gasteiger partial charge is 0.265 e. The summed E-state index contributed by atoms with van der Waals surface area (Å²) in [7, 11) is 0. The van der Waals surface area contributed by atoms with E-state index >= 15 is 0 Å². The standard InChI is InChI=1S/C20H20ClN5O2S/c1-13-12-18(25-20(22-13)26-8-10-28-11-9-26)23-14-2-4-15(5-3-14)24-19(27)16-6-7-17(21)29-16/h2-7,12H,8-11H2,1H3,(H,24,27)(H,22,23,25). The minimum absolute atomic E-state index is 0.177. The lowest BCUT2D eigenvalue weighted by atomic mass is 10.2. The Morgan fingerprint density at radius 2 is 1.83 bits per heavy atom. The first kappa shape index (κ1) is 19.6. The van der Waals surface area contributed by atoms with Gasteiger partial charge in [-0.05, 0) is 43.3 Å². The second-order valence-electron chi connectivity index (χ2n) is 6.55. The predicted octanol–water partition coefficient (Wildman–Crippen LogP) is 4.33. The van der Waals surface area contributed by atoms with E-state index < -0.39 is 0 Å². The zero-order valence-corrected chi connectivity index (χ0v) is 17.4. The van der Waals surface area contributed by atoms with Crippen molar-refractivity contribution in [2.24, 2.45) is 0 Å². The van der Waals surface area contributed by atoms with Crippen LogP contribution in [0.2, 0.25) is 4.34 Å². The van der Waals surface area contributed by atoms with Gasteiger partial charge < -0.3 is 20.3 Å². The van der Waals surface area contributed by atoms with Crippen LogP contribution in [0.15, 0.2) is 42.5 Å². The molecule has 3 heterocycles. The molecule has 1 aromatic carbocycles. The van der Waals surface area contributed by atoms with Crippen LogP contribution in [-0.2, 0) is 4.74 Å². The van der Waals surface area contributed by atoms with Gasteiger partial charge in [0.15, 0.2) is 0 Å². The second-order valence-corrected chi connectivity index (χ2v) is 8.27. The molecule has 29 heavy (non-hydrogen) atoms. The molecular formula is C20H20ClN5O2S. The van der Waals surface area contributed by atoms with Gasteiger partial charge in [0.05, 0.1) is 22.4 Å². The van der Waals surface area contributed by atoms with E-state index in [1.54, 1.807) is 12.1 Å². The topological polar surface area (TPSA) is 79.4 Å². The summed E-state index contributed by atoms with van der Waals surface area (Å²) in [6.45, 7) is 4.89. The molecule has 7 nitrogen and oxygen atoms in total. The highest BCUT2D eigenvalue weighted by atomic mass is 35.5. The number of ether oxygens (including phenoxy) is 1. The van der Waals surface area contributed by atoms with Crippen molar-refractivity contribution >= 4 is 52.0 Å². The van der Waals surface area contributed by atoms with Crippen LogP contribution < -0.4 is 15.5 Å². The van der Waals surface area contributed by atoms with Gasteiger partial charge in [0, 0.05) is 36.2 Å². The number of rotatable bonds is 5. The Morgan fingerprint density at radius 3 is 2.52 bits per heavy atom. The molecule has 3 aromatic rings. The lowest BCUT2D eigenvalue weighted by molar-refractivity contribution is 0.103. The van der Waals surface area contributed by atoms with E-state index in [1.165, 1.54) is 11.3 Å². The molecule has 0 bridgehead atoms. The molecule has 150 valence electrons. The minimum Gasteiger partial charge on any atom is -0.378 e. The van der Waals surface area contributed by atoms with E-state index in [1.807, 2.05) is 37.3 Å². The maximum Gasteiger partial charge on any atom is 0.265 e.